The summed E-state index contributed by atoms with van der Waals surface area (Å²) in [4.78, 5) is 15.5. The van der Waals surface area contributed by atoms with Crippen LogP contribution in [0.5, 0.6) is 0 Å². The molecule has 0 aliphatic rings. The average molecular weight is 473 g/mol. The molecule has 2 nitrogen and oxygen atoms in total. The Bertz CT molecular complexity index is 801. The Morgan fingerprint density at radius 3 is 2.15 bits per heavy atom. The molecule has 0 heterocycles. The van der Waals surface area contributed by atoms with E-state index in [9.17, 15) is 4.79 Å². The van der Waals surface area contributed by atoms with Gasteiger partial charge in [0.2, 0.25) is 5.91 Å². The lowest BCUT2D eigenvalue weighted by atomic mass is 9.84. The van der Waals surface area contributed by atoms with E-state index in [2.05, 4.69) is 15.9 Å². The highest BCUT2D eigenvalue weighted by atomic mass is 79.9. The molecule has 0 unspecified atom stereocenters. The summed E-state index contributed by atoms with van der Waals surface area (Å²) >= 11 is 21.2. The molecular formula is C20H20BrCl2NOS. The Morgan fingerprint density at radius 2 is 1.65 bits per heavy atom. The zero-order valence-electron chi connectivity index (χ0n) is 14.9. The van der Waals surface area contributed by atoms with Gasteiger partial charge in [-0.1, -0.05) is 84.3 Å². The van der Waals surface area contributed by atoms with Gasteiger partial charge in [0.25, 0.3) is 0 Å². The Labute approximate surface area is 178 Å². The SMILES string of the molecule is CCC(=S)N(C(=O)C(C)(C)Cc1ccc(Br)cc1)c1cc(Cl)cc(Cl)c1. The van der Waals surface area contributed by atoms with Crippen LogP contribution < -0.4 is 4.90 Å². The fourth-order valence-corrected chi connectivity index (χ4v) is 3.66. The van der Waals surface area contributed by atoms with E-state index in [1.54, 1.807) is 23.1 Å². The first kappa shape index (κ1) is 21.4. The molecule has 0 bridgehead atoms. The van der Waals surface area contributed by atoms with Crippen molar-refractivity contribution in [3.8, 4) is 0 Å². The minimum absolute atomic E-state index is 0.0781. The van der Waals surface area contributed by atoms with E-state index in [1.807, 2.05) is 45.0 Å². The summed E-state index contributed by atoms with van der Waals surface area (Å²) in [7, 11) is 0. The third-order valence-electron chi connectivity index (χ3n) is 4.00. The first-order valence-corrected chi connectivity index (χ1v) is 10.2. The number of hydrogen-bond acceptors (Lipinski definition) is 2. The maximum Gasteiger partial charge on any atom is 0.237 e. The number of halogens is 3. The van der Waals surface area contributed by atoms with Gasteiger partial charge in [0.15, 0.2) is 0 Å². The van der Waals surface area contributed by atoms with Crippen LogP contribution in [0.15, 0.2) is 46.9 Å². The predicted octanol–water partition coefficient (Wildman–Crippen LogP) is 7.10. The van der Waals surface area contributed by atoms with Crippen molar-refractivity contribution in [3.05, 3.63) is 62.5 Å². The van der Waals surface area contributed by atoms with Gasteiger partial charge < -0.3 is 0 Å². The van der Waals surface area contributed by atoms with Crippen molar-refractivity contribution in [3.63, 3.8) is 0 Å². The summed E-state index contributed by atoms with van der Waals surface area (Å²) < 4.78 is 1.01. The summed E-state index contributed by atoms with van der Waals surface area (Å²) in [6.07, 6.45) is 1.16. The normalized spacial score (nSPS) is 11.3. The Hall–Kier alpha value is -0.940. The van der Waals surface area contributed by atoms with Crippen molar-refractivity contribution < 1.29 is 4.79 Å². The highest BCUT2D eigenvalue weighted by Gasteiger charge is 2.34. The minimum Gasteiger partial charge on any atom is -0.274 e. The molecule has 0 fully saturated rings. The van der Waals surface area contributed by atoms with Crippen LogP contribution in [0.4, 0.5) is 5.69 Å². The summed E-state index contributed by atoms with van der Waals surface area (Å²) in [5.41, 5.74) is 1.03. The van der Waals surface area contributed by atoms with Gasteiger partial charge in [-0.15, -0.1) is 0 Å². The van der Waals surface area contributed by atoms with Crippen molar-refractivity contribution in [1.29, 1.82) is 0 Å². The topological polar surface area (TPSA) is 20.3 Å². The van der Waals surface area contributed by atoms with Crippen LogP contribution in [-0.2, 0) is 11.2 Å². The smallest absolute Gasteiger partial charge is 0.237 e. The number of rotatable bonds is 5. The number of benzene rings is 2. The van der Waals surface area contributed by atoms with Gasteiger partial charge in [0.05, 0.1) is 10.7 Å². The Balaban J connectivity index is 2.38. The van der Waals surface area contributed by atoms with E-state index in [-0.39, 0.29) is 5.91 Å². The number of hydrogen-bond donors (Lipinski definition) is 0. The lowest BCUT2D eigenvalue weighted by molar-refractivity contribution is -0.125. The number of carbonyl (C=O) groups excluding carboxylic acids is 1. The van der Waals surface area contributed by atoms with Gasteiger partial charge in [-0.3, -0.25) is 9.69 Å². The number of nitrogens with zero attached hydrogens (tertiary/aromatic N) is 1. The standard InChI is InChI=1S/C20H20BrCl2NOS/c1-4-18(26)24(17-10-15(22)9-16(23)11-17)19(25)20(2,3)12-13-5-7-14(21)8-6-13/h5-11H,4,12H2,1-3H3. The zero-order chi connectivity index (χ0) is 19.5. The third-order valence-corrected chi connectivity index (χ3v) is 5.44. The van der Waals surface area contributed by atoms with Crippen molar-refractivity contribution in [2.24, 2.45) is 5.41 Å². The zero-order valence-corrected chi connectivity index (χ0v) is 18.8. The van der Waals surface area contributed by atoms with Gasteiger partial charge in [-0.05, 0) is 48.7 Å². The molecule has 26 heavy (non-hydrogen) atoms. The van der Waals surface area contributed by atoms with Gasteiger partial charge in [0, 0.05) is 19.9 Å². The second-order valence-electron chi connectivity index (χ2n) is 6.70. The first-order chi connectivity index (χ1) is 12.1. The molecular weight excluding hydrogens is 453 g/mol. The Morgan fingerprint density at radius 1 is 1.12 bits per heavy atom. The molecule has 0 radical (unpaired) electrons. The van der Waals surface area contributed by atoms with Crippen LogP contribution in [0.25, 0.3) is 0 Å². The van der Waals surface area contributed by atoms with Crippen molar-refractivity contribution >= 4 is 67.9 Å². The number of carbonyl (C=O) groups is 1. The van der Waals surface area contributed by atoms with Crippen LogP contribution in [0.1, 0.15) is 32.8 Å². The monoisotopic (exact) mass is 471 g/mol. The van der Waals surface area contributed by atoms with E-state index in [0.717, 1.165) is 10.0 Å². The molecule has 138 valence electrons. The van der Waals surface area contributed by atoms with Gasteiger partial charge in [-0.2, -0.15) is 0 Å². The largest absolute Gasteiger partial charge is 0.274 e. The molecule has 2 aromatic rings. The molecule has 0 N–H and O–H groups in total. The molecule has 6 heteroatoms. The van der Waals surface area contributed by atoms with Crippen LogP contribution in [0, 0.1) is 5.41 Å². The van der Waals surface area contributed by atoms with E-state index in [1.165, 1.54) is 0 Å². The summed E-state index contributed by atoms with van der Waals surface area (Å²) in [6.45, 7) is 5.78. The van der Waals surface area contributed by atoms with Crippen molar-refractivity contribution in [2.75, 3.05) is 4.90 Å². The van der Waals surface area contributed by atoms with E-state index >= 15 is 0 Å². The average Bonchev–Trinajstić information content (AvgIpc) is 2.55. The number of anilines is 1. The second-order valence-corrected chi connectivity index (χ2v) is 8.96. The first-order valence-electron chi connectivity index (χ1n) is 8.22. The van der Waals surface area contributed by atoms with Crippen molar-refractivity contribution in [2.45, 2.75) is 33.6 Å². The highest BCUT2D eigenvalue weighted by molar-refractivity contribution is 9.10. The van der Waals surface area contributed by atoms with Crippen LogP contribution >= 0.6 is 51.3 Å². The maximum absolute atomic E-state index is 13.4. The second kappa shape index (κ2) is 8.83. The molecule has 0 saturated heterocycles. The fourth-order valence-electron chi connectivity index (χ4n) is 2.69. The molecule has 0 saturated carbocycles. The predicted molar refractivity (Wildman–Crippen MR) is 118 cm³/mol. The molecule has 2 aromatic carbocycles. The molecule has 0 atom stereocenters. The van der Waals surface area contributed by atoms with Gasteiger partial charge >= 0.3 is 0 Å². The van der Waals surface area contributed by atoms with E-state index in [0.29, 0.717) is 33.6 Å². The molecule has 1 amide bonds. The number of thiocarbonyl (C=S) groups is 1. The fraction of sp³-hybridized carbons (Fsp3) is 0.300. The molecule has 0 spiro atoms. The lowest BCUT2D eigenvalue weighted by Gasteiger charge is -2.32. The Kier molecular flexibility index (Phi) is 7.26. The van der Waals surface area contributed by atoms with Crippen molar-refractivity contribution in [1.82, 2.24) is 0 Å². The molecule has 0 aliphatic heterocycles. The van der Waals surface area contributed by atoms with Crippen LogP contribution in [0.3, 0.4) is 0 Å². The molecule has 0 aliphatic carbocycles. The van der Waals surface area contributed by atoms with Gasteiger partial charge in [-0.25, -0.2) is 0 Å². The minimum atomic E-state index is -0.651. The molecule has 0 aromatic heterocycles. The lowest BCUT2D eigenvalue weighted by Crippen LogP contribution is -2.45. The quantitative estimate of drug-likeness (QED) is 0.432. The summed E-state index contributed by atoms with van der Waals surface area (Å²) in [6, 6.07) is 13.0. The number of amides is 1. The van der Waals surface area contributed by atoms with Gasteiger partial charge in [0.1, 0.15) is 0 Å². The van der Waals surface area contributed by atoms with Crippen LogP contribution in [0.2, 0.25) is 10.0 Å². The van der Waals surface area contributed by atoms with E-state index in [4.69, 9.17) is 35.4 Å². The van der Waals surface area contributed by atoms with Crippen LogP contribution in [-0.4, -0.2) is 10.9 Å². The molecule has 2 rings (SSSR count). The maximum atomic E-state index is 13.4. The third kappa shape index (κ3) is 5.29. The highest BCUT2D eigenvalue weighted by Crippen LogP contribution is 2.32. The van der Waals surface area contributed by atoms with E-state index < -0.39 is 5.41 Å². The summed E-state index contributed by atoms with van der Waals surface area (Å²) in [5.74, 6) is -0.0781. The summed E-state index contributed by atoms with van der Waals surface area (Å²) in [5, 5.41) is 0.935.